The maximum Gasteiger partial charge on any atom is 0.262 e. The number of nitrogens with zero attached hydrogens (tertiary/aromatic N) is 1. The molecule has 0 saturated heterocycles. The van der Waals surface area contributed by atoms with Crippen LogP contribution in [-0.2, 0) is 4.79 Å². The number of halogens is 1. The first-order valence-corrected chi connectivity index (χ1v) is 9.22. The van der Waals surface area contributed by atoms with Crippen molar-refractivity contribution in [3.8, 4) is 16.9 Å². The summed E-state index contributed by atoms with van der Waals surface area (Å²) in [6.07, 6.45) is -0.870. The summed E-state index contributed by atoms with van der Waals surface area (Å²) in [4.78, 5) is 26.7. The van der Waals surface area contributed by atoms with Crippen LogP contribution in [0.4, 0.5) is 10.1 Å². The first-order chi connectivity index (χ1) is 14.1. The molecule has 4 rings (SSSR count). The van der Waals surface area contributed by atoms with Crippen molar-refractivity contribution in [1.29, 1.82) is 0 Å². The normalized spacial score (nSPS) is 15.2. The second kappa shape index (κ2) is 7.75. The zero-order chi connectivity index (χ0) is 20.4. The van der Waals surface area contributed by atoms with Crippen LogP contribution in [0.15, 0.2) is 72.8 Å². The number of carbonyl (C=O) groups is 2. The highest BCUT2D eigenvalue weighted by Crippen LogP contribution is 2.34. The van der Waals surface area contributed by atoms with E-state index in [1.54, 1.807) is 30.3 Å². The molecule has 29 heavy (non-hydrogen) atoms. The average Bonchev–Trinajstić information content (AvgIpc) is 2.77. The van der Waals surface area contributed by atoms with E-state index in [0.29, 0.717) is 17.0 Å². The van der Waals surface area contributed by atoms with E-state index in [4.69, 9.17) is 4.74 Å². The highest BCUT2D eigenvalue weighted by Gasteiger charge is 2.34. The van der Waals surface area contributed by atoms with Gasteiger partial charge in [-0.2, -0.15) is 0 Å². The van der Waals surface area contributed by atoms with E-state index in [0.717, 1.165) is 5.56 Å². The molecule has 6 heteroatoms. The van der Waals surface area contributed by atoms with Crippen molar-refractivity contribution in [3.05, 3.63) is 84.2 Å². The van der Waals surface area contributed by atoms with Crippen LogP contribution in [0, 0.1) is 5.82 Å². The largest absolute Gasteiger partial charge is 0.477 e. The van der Waals surface area contributed by atoms with Crippen LogP contribution in [0.2, 0.25) is 0 Å². The number of rotatable bonds is 3. The van der Waals surface area contributed by atoms with E-state index in [2.05, 4.69) is 5.32 Å². The summed E-state index contributed by atoms with van der Waals surface area (Å²) in [5.41, 5.74) is 1.99. The molecule has 0 aliphatic carbocycles. The highest BCUT2D eigenvalue weighted by molar-refractivity contribution is 6.08. The maximum atomic E-state index is 14.9. The fourth-order valence-electron chi connectivity index (χ4n) is 3.37. The number of fused-ring (bicyclic) bond motifs is 1. The Morgan fingerprint density at radius 2 is 1.72 bits per heavy atom. The molecular weight excluding hydrogens is 371 g/mol. The fourth-order valence-corrected chi connectivity index (χ4v) is 3.37. The molecule has 1 aliphatic rings. The van der Waals surface area contributed by atoms with Crippen molar-refractivity contribution in [2.24, 2.45) is 0 Å². The summed E-state index contributed by atoms with van der Waals surface area (Å²) in [6.45, 7) is -0.00457. The van der Waals surface area contributed by atoms with E-state index in [1.165, 1.54) is 24.1 Å². The van der Waals surface area contributed by atoms with Gasteiger partial charge in [-0.3, -0.25) is 9.59 Å². The number of amides is 2. The summed E-state index contributed by atoms with van der Waals surface area (Å²) in [6, 6.07) is 20.8. The summed E-state index contributed by atoms with van der Waals surface area (Å²) < 4.78 is 20.6. The summed E-state index contributed by atoms with van der Waals surface area (Å²) in [5.74, 6) is -1.08. The van der Waals surface area contributed by atoms with Gasteiger partial charge in [-0.25, -0.2) is 4.39 Å². The van der Waals surface area contributed by atoms with Crippen molar-refractivity contribution in [2.75, 3.05) is 18.5 Å². The third-order valence-corrected chi connectivity index (χ3v) is 4.86. The van der Waals surface area contributed by atoms with Gasteiger partial charge in [0, 0.05) is 7.05 Å². The van der Waals surface area contributed by atoms with E-state index in [1.807, 2.05) is 30.3 Å². The molecule has 1 N–H and O–H groups in total. The summed E-state index contributed by atoms with van der Waals surface area (Å²) in [7, 11) is 1.50. The molecule has 3 aromatic carbocycles. The van der Waals surface area contributed by atoms with E-state index >= 15 is 0 Å². The maximum absolute atomic E-state index is 14.9. The van der Waals surface area contributed by atoms with Gasteiger partial charge in [0.25, 0.3) is 11.8 Å². The van der Waals surface area contributed by atoms with Crippen LogP contribution in [0.1, 0.15) is 10.4 Å². The molecule has 0 saturated carbocycles. The Bertz CT molecular complexity index is 1070. The molecule has 0 fully saturated rings. The minimum atomic E-state index is -0.870. The van der Waals surface area contributed by atoms with E-state index < -0.39 is 17.8 Å². The van der Waals surface area contributed by atoms with Gasteiger partial charge in [-0.15, -0.1) is 0 Å². The van der Waals surface area contributed by atoms with Gasteiger partial charge < -0.3 is 15.0 Å². The summed E-state index contributed by atoms with van der Waals surface area (Å²) >= 11 is 0. The van der Waals surface area contributed by atoms with E-state index in [-0.39, 0.29) is 18.0 Å². The van der Waals surface area contributed by atoms with Crippen LogP contribution in [0.5, 0.6) is 5.75 Å². The molecule has 0 spiro atoms. The van der Waals surface area contributed by atoms with Crippen molar-refractivity contribution >= 4 is 17.5 Å². The number of hydrogen-bond acceptors (Lipinski definition) is 3. The molecule has 5 nitrogen and oxygen atoms in total. The van der Waals surface area contributed by atoms with Crippen LogP contribution in [-0.4, -0.2) is 31.5 Å². The van der Waals surface area contributed by atoms with Crippen molar-refractivity contribution in [3.63, 3.8) is 0 Å². The molecule has 0 aromatic heterocycles. The Morgan fingerprint density at radius 3 is 2.45 bits per heavy atom. The Morgan fingerprint density at radius 1 is 1.00 bits per heavy atom. The van der Waals surface area contributed by atoms with Crippen molar-refractivity contribution < 1.29 is 18.7 Å². The molecule has 2 amide bonds. The number of anilines is 1. The van der Waals surface area contributed by atoms with Gasteiger partial charge in [-0.05, 0) is 35.4 Å². The molecule has 0 radical (unpaired) electrons. The Balaban J connectivity index is 1.69. The van der Waals surface area contributed by atoms with Gasteiger partial charge in [-0.1, -0.05) is 48.5 Å². The third kappa shape index (κ3) is 3.57. The monoisotopic (exact) mass is 390 g/mol. The molecule has 1 unspecified atom stereocenters. The number of ether oxygens (including phenoxy) is 1. The van der Waals surface area contributed by atoms with Crippen LogP contribution in [0.3, 0.4) is 0 Å². The molecule has 146 valence electrons. The minimum Gasteiger partial charge on any atom is -0.477 e. The fraction of sp³-hybridized carbons (Fsp3) is 0.130. The zero-order valence-corrected chi connectivity index (χ0v) is 15.8. The highest BCUT2D eigenvalue weighted by atomic mass is 19.1. The zero-order valence-electron chi connectivity index (χ0n) is 15.8. The quantitative estimate of drug-likeness (QED) is 0.743. The van der Waals surface area contributed by atoms with Gasteiger partial charge in [0.2, 0.25) is 0 Å². The van der Waals surface area contributed by atoms with Crippen LogP contribution >= 0.6 is 0 Å². The van der Waals surface area contributed by atoms with Gasteiger partial charge in [0.05, 0.1) is 17.8 Å². The Labute approximate surface area is 167 Å². The van der Waals surface area contributed by atoms with Crippen molar-refractivity contribution in [1.82, 2.24) is 5.32 Å². The number of hydrogen-bond donors (Lipinski definition) is 1. The Kier molecular flexibility index (Phi) is 4.99. The number of carbonyl (C=O) groups excluding carboxylic acids is 2. The number of benzene rings is 3. The first-order valence-electron chi connectivity index (χ1n) is 9.22. The van der Waals surface area contributed by atoms with Crippen LogP contribution in [0.25, 0.3) is 11.1 Å². The predicted molar refractivity (Wildman–Crippen MR) is 108 cm³/mol. The second-order valence-corrected chi connectivity index (χ2v) is 6.66. The number of likely N-dealkylation sites (N-methyl/N-ethyl adjacent to an activating group) is 1. The number of para-hydroxylation sites is 2. The molecule has 0 bridgehead atoms. The second-order valence-electron chi connectivity index (χ2n) is 6.66. The third-order valence-electron chi connectivity index (χ3n) is 4.86. The average molecular weight is 390 g/mol. The minimum absolute atomic E-state index is 0.00457. The lowest BCUT2D eigenvalue weighted by molar-refractivity contribution is -0.127. The standard InChI is InChI=1S/C23H19FN2O3/c1-25-22(27)21-14-26(19-9-5-6-10-20(19)29-21)23(28)17-12-11-16(13-18(17)24)15-7-3-2-4-8-15/h2-13,21H,14H2,1H3,(H,25,27). The smallest absolute Gasteiger partial charge is 0.262 e. The molecule has 1 aliphatic heterocycles. The molecule has 1 heterocycles. The SMILES string of the molecule is CNC(=O)C1CN(C(=O)c2ccc(-c3ccccc3)cc2F)c2ccccc2O1. The lowest BCUT2D eigenvalue weighted by Crippen LogP contribution is -2.50. The summed E-state index contributed by atoms with van der Waals surface area (Å²) in [5, 5.41) is 2.53. The number of nitrogens with one attached hydrogen (secondary N) is 1. The first kappa shape index (κ1) is 18.7. The molecular formula is C23H19FN2O3. The Hall–Kier alpha value is -3.67. The van der Waals surface area contributed by atoms with Gasteiger partial charge in [0.1, 0.15) is 11.6 Å². The lowest BCUT2D eigenvalue weighted by atomic mass is 10.0. The van der Waals surface area contributed by atoms with Crippen molar-refractivity contribution in [2.45, 2.75) is 6.10 Å². The topological polar surface area (TPSA) is 58.6 Å². The lowest BCUT2D eigenvalue weighted by Gasteiger charge is -2.34. The van der Waals surface area contributed by atoms with Gasteiger partial charge >= 0.3 is 0 Å². The molecule has 3 aromatic rings. The van der Waals surface area contributed by atoms with Gasteiger partial charge in [0.15, 0.2) is 6.10 Å². The van der Waals surface area contributed by atoms with Crippen LogP contribution < -0.4 is 15.0 Å². The van der Waals surface area contributed by atoms with E-state index in [9.17, 15) is 14.0 Å². The predicted octanol–water partition coefficient (Wildman–Crippen LogP) is 3.65. The molecule has 1 atom stereocenters.